The molecule has 0 spiro atoms. The standard InChI is InChI=1S/C23H21N3O4S/c1-2-3-11-30-17-8-4-6-15(13-17)20(27)18-19(16-7-5-9-24-14-16)26(22(29)21(18)28)23-25-10-12-31-23/h4-10,12-14,19,27H,2-3,11H2,1H3. The van der Waals surface area contributed by atoms with Gasteiger partial charge in [0.2, 0.25) is 0 Å². The quantitative estimate of drug-likeness (QED) is 0.257. The number of Topliss-reactive ketones (excluding diaryl/α,β-unsaturated/α-hetero) is 1. The van der Waals surface area contributed by atoms with Crippen LogP contribution in [-0.2, 0) is 9.59 Å². The number of rotatable bonds is 7. The highest BCUT2D eigenvalue weighted by Crippen LogP contribution is 2.42. The molecule has 8 heteroatoms. The fourth-order valence-electron chi connectivity index (χ4n) is 3.44. The van der Waals surface area contributed by atoms with Gasteiger partial charge in [0.1, 0.15) is 11.5 Å². The second-order valence-electron chi connectivity index (χ2n) is 7.00. The van der Waals surface area contributed by atoms with Crippen LogP contribution in [0.3, 0.4) is 0 Å². The third kappa shape index (κ3) is 4.06. The number of aliphatic hydroxyl groups is 1. The van der Waals surface area contributed by atoms with Crippen LogP contribution in [0.4, 0.5) is 5.13 Å². The minimum Gasteiger partial charge on any atom is -0.507 e. The zero-order chi connectivity index (χ0) is 21.8. The van der Waals surface area contributed by atoms with E-state index in [1.807, 2.05) is 0 Å². The predicted octanol–water partition coefficient (Wildman–Crippen LogP) is 4.34. The number of benzene rings is 1. The van der Waals surface area contributed by atoms with Crippen LogP contribution in [0.15, 0.2) is 65.9 Å². The van der Waals surface area contributed by atoms with E-state index in [1.165, 1.54) is 16.2 Å². The van der Waals surface area contributed by atoms with E-state index in [9.17, 15) is 14.7 Å². The number of aromatic nitrogens is 2. The summed E-state index contributed by atoms with van der Waals surface area (Å²) in [5, 5.41) is 13.2. The number of thiazole rings is 1. The fourth-order valence-corrected chi connectivity index (χ4v) is 4.11. The van der Waals surface area contributed by atoms with Gasteiger partial charge in [-0.1, -0.05) is 31.5 Å². The highest BCUT2D eigenvalue weighted by molar-refractivity contribution is 7.14. The van der Waals surface area contributed by atoms with Crippen molar-refractivity contribution in [3.8, 4) is 5.75 Å². The lowest BCUT2D eigenvalue weighted by atomic mass is 9.96. The van der Waals surface area contributed by atoms with Crippen LogP contribution in [0.2, 0.25) is 0 Å². The minimum absolute atomic E-state index is 0.00101. The number of carbonyl (C=O) groups is 2. The number of amides is 1. The van der Waals surface area contributed by atoms with Crippen LogP contribution < -0.4 is 9.64 Å². The van der Waals surface area contributed by atoms with E-state index in [0.29, 0.717) is 28.6 Å². The molecule has 1 saturated heterocycles. The first-order valence-electron chi connectivity index (χ1n) is 9.95. The maximum Gasteiger partial charge on any atom is 0.301 e. The van der Waals surface area contributed by atoms with E-state index in [2.05, 4.69) is 16.9 Å². The molecule has 1 fully saturated rings. The lowest BCUT2D eigenvalue weighted by Gasteiger charge is -2.22. The Morgan fingerprint density at radius 1 is 1.23 bits per heavy atom. The number of pyridine rings is 1. The summed E-state index contributed by atoms with van der Waals surface area (Å²) >= 11 is 1.24. The van der Waals surface area contributed by atoms with Crippen molar-refractivity contribution in [1.29, 1.82) is 0 Å². The molecular formula is C23H21N3O4S. The summed E-state index contributed by atoms with van der Waals surface area (Å²) in [6.07, 6.45) is 6.67. The monoisotopic (exact) mass is 435 g/mol. The summed E-state index contributed by atoms with van der Waals surface area (Å²) < 4.78 is 5.73. The van der Waals surface area contributed by atoms with E-state index in [0.717, 1.165) is 12.8 Å². The number of anilines is 1. The van der Waals surface area contributed by atoms with Crippen molar-refractivity contribution in [2.24, 2.45) is 0 Å². The highest BCUT2D eigenvalue weighted by atomic mass is 32.1. The van der Waals surface area contributed by atoms with E-state index in [-0.39, 0.29) is 11.3 Å². The molecule has 1 atom stereocenters. The zero-order valence-electron chi connectivity index (χ0n) is 16.9. The molecule has 4 rings (SSSR count). The second-order valence-corrected chi connectivity index (χ2v) is 7.87. The van der Waals surface area contributed by atoms with Gasteiger partial charge in [0.05, 0.1) is 18.2 Å². The number of hydrogen-bond acceptors (Lipinski definition) is 7. The lowest BCUT2D eigenvalue weighted by Crippen LogP contribution is -2.29. The number of hydrogen-bond donors (Lipinski definition) is 1. The van der Waals surface area contributed by atoms with Crippen molar-refractivity contribution < 1.29 is 19.4 Å². The lowest BCUT2D eigenvalue weighted by molar-refractivity contribution is -0.132. The summed E-state index contributed by atoms with van der Waals surface area (Å²) in [7, 11) is 0. The maximum atomic E-state index is 13.0. The number of carbonyl (C=O) groups excluding carboxylic acids is 2. The van der Waals surface area contributed by atoms with Crippen LogP contribution in [0, 0.1) is 0 Å². The molecule has 158 valence electrons. The maximum absolute atomic E-state index is 13.0. The Labute approximate surface area is 183 Å². The van der Waals surface area contributed by atoms with E-state index in [4.69, 9.17) is 4.74 Å². The van der Waals surface area contributed by atoms with Crippen molar-refractivity contribution in [3.63, 3.8) is 0 Å². The fraction of sp³-hybridized carbons (Fsp3) is 0.217. The topological polar surface area (TPSA) is 92.6 Å². The van der Waals surface area contributed by atoms with Gasteiger partial charge in [0, 0.05) is 29.5 Å². The molecule has 7 nitrogen and oxygen atoms in total. The molecule has 1 aliphatic rings. The van der Waals surface area contributed by atoms with Gasteiger partial charge >= 0.3 is 5.91 Å². The zero-order valence-corrected chi connectivity index (χ0v) is 17.7. The first-order chi connectivity index (χ1) is 15.1. The molecule has 2 aromatic heterocycles. The van der Waals surface area contributed by atoms with Crippen molar-refractivity contribution in [2.75, 3.05) is 11.5 Å². The Kier molecular flexibility index (Phi) is 6.08. The Bertz CT molecular complexity index is 1110. The number of nitrogens with zero attached hydrogens (tertiary/aromatic N) is 3. The molecule has 1 unspecified atom stereocenters. The van der Waals surface area contributed by atoms with E-state index < -0.39 is 17.7 Å². The van der Waals surface area contributed by atoms with Gasteiger partial charge in [-0.2, -0.15) is 0 Å². The second kappa shape index (κ2) is 9.09. The first-order valence-corrected chi connectivity index (χ1v) is 10.8. The largest absolute Gasteiger partial charge is 0.507 e. The third-order valence-electron chi connectivity index (χ3n) is 4.94. The third-order valence-corrected chi connectivity index (χ3v) is 5.71. The highest BCUT2D eigenvalue weighted by Gasteiger charge is 2.48. The van der Waals surface area contributed by atoms with Gasteiger partial charge in [0.15, 0.2) is 5.13 Å². The van der Waals surface area contributed by atoms with Gasteiger partial charge in [-0.3, -0.25) is 19.5 Å². The minimum atomic E-state index is -0.829. The predicted molar refractivity (Wildman–Crippen MR) is 118 cm³/mol. The molecule has 0 bridgehead atoms. The molecule has 3 aromatic rings. The van der Waals surface area contributed by atoms with Gasteiger partial charge in [0.25, 0.3) is 5.78 Å². The average Bonchev–Trinajstić information content (AvgIpc) is 3.41. The van der Waals surface area contributed by atoms with Crippen molar-refractivity contribution in [2.45, 2.75) is 25.8 Å². The Morgan fingerprint density at radius 3 is 2.81 bits per heavy atom. The van der Waals surface area contributed by atoms with Crippen LogP contribution in [-0.4, -0.2) is 33.4 Å². The van der Waals surface area contributed by atoms with Crippen molar-refractivity contribution in [3.05, 3.63) is 77.1 Å². The van der Waals surface area contributed by atoms with E-state index >= 15 is 0 Å². The molecule has 3 heterocycles. The first kappa shape index (κ1) is 20.7. The van der Waals surface area contributed by atoms with Crippen molar-refractivity contribution >= 4 is 33.9 Å². The van der Waals surface area contributed by atoms with Crippen LogP contribution in [0.1, 0.15) is 36.9 Å². The summed E-state index contributed by atoms with van der Waals surface area (Å²) in [6, 6.07) is 9.54. The molecule has 0 aliphatic carbocycles. The molecule has 0 saturated carbocycles. The molecule has 0 radical (unpaired) electrons. The van der Waals surface area contributed by atoms with Gasteiger partial charge < -0.3 is 9.84 Å². The number of ether oxygens (including phenoxy) is 1. The van der Waals surface area contributed by atoms with Crippen molar-refractivity contribution in [1.82, 2.24) is 9.97 Å². The molecule has 1 aromatic carbocycles. The van der Waals surface area contributed by atoms with Gasteiger partial charge in [-0.15, -0.1) is 11.3 Å². The summed E-state index contributed by atoms with van der Waals surface area (Å²) in [6.45, 7) is 2.64. The Morgan fingerprint density at radius 2 is 2.10 bits per heavy atom. The smallest absolute Gasteiger partial charge is 0.301 e. The molecule has 1 aliphatic heterocycles. The summed E-state index contributed by atoms with van der Waals surface area (Å²) in [5.74, 6) is -1.17. The van der Waals surface area contributed by atoms with Gasteiger partial charge in [-0.25, -0.2) is 4.98 Å². The van der Waals surface area contributed by atoms with E-state index in [1.54, 1.807) is 60.4 Å². The Hall–Kier alpha value is -3.52. The normalized spacial score (nSPS) is 17.8. The SMILES string of the molecule is CCCCOc1cccc(C(O)=C2C(=O)C(=O)N(c3nccs3)C2c2cccnc2)c1. The molecular weight excluding hydrogens is 414 g/mol. The molecule has 1 N–H and O–H groups in total. The number of unbranched alkanes of at least 4 members (excludes halogenated alkanes) is 1. The van der Waals surface area contributed by atoms with Crippen LogP contribution in [0.25, 0.3) is 5.76 Å². The Balaban J connectivity index is 1.81. The molecule has 31 heavy (non-hydrogen) atoms. The number of ketones is 1. The summed E-state index contributed by atoms with van der Waals surface area (Å²) in [4.78, 5) is 35.6. The van der Waals surface area contributed by atoms with Crippen LogP contribution >= 0.6 is 11.3 Å². The number of aliphatic hydroxyl groups excluding tert-OH is 1. The molecule has 1 amide bonds. The van der Waals surface area contributed by atoms with Crippen LogP contribution in [0.5, 0.6) is 5.75 Å². The summed E-state index contributed by atoms with van der Waals surface area (Å²) in [5.41, 5.74) is 1.01. The van der Waals surface area contributed by atoms with Gasteiger partial charge in [-0.05, 0) is 30.2 Å². The average molecular weight is 436 g/mol.